The average Bonchev–Trinajstić information content (AvgIpc) is 2.57. The van der Waals surface area contributed by atoms with Crippen LogP contribution in [0.1, 0.15) is 17.4 Å². The molecule has 1 amide bonds. The van der Waals surface area contributed by atoms with Crippen LogP contribution in [0.5, 0.6) is 0 Å². The van der Waals surface area contributed by atoms with Crippen LogP contribution in [0.3, 0.4) is 0 Å². The first-order valence-corrected chi connectivity index (χ1v) is 8.18. The lowest BCUT2D eigenvalue weighted by atomic mass is 10.2. The van der Waals surface area contributed by atoms with E-state index < -0.39 is 17.9 Å². The Morgan fingerprint density at radius 2 is 2.00 bits per heavy atom. The van der Waals surface area contributed by atoms with Gasteiger partial charge in [0.1, 0.15) is 5.82 Å². The fourth-order valence-electron chi connectivity index (χ4n) is 1.91. The maximum absolute atomic E-state index is 12.8. The van der Waals surface area contributed by atoms with Crippen molar-refractivity contribution < 1.29 is 9.18 Å². The van der Waals surface area contributed by atoms with E-state index in [0.717, 1.165) is 16.7 Å². The summed E-state index contributed by atoms with van der Waals surface area (Å²) in [5.74, 6) is 5.03. The number of halogens is 1. The van der Waals surface area contributed by atoms with E-state index in [1.165, 1.54) is 23.1 Å². The molecule has 0 aliphatic rings. The van der Waals surface area contributed by atoms with Gasteiger partial charge in [0.25, 0.3) is 0 Å². The second-order valence-corrected chi connectivity index (χ2v) is 6.13. The standard InChI is InChI=1S/C15H20FN7OS/c16-11-3-4-12(20-7-11)9-23(19)22-15(18)10-1-5-13(6-2-10)25-21-8-14(17)24/h1-7,15,21-22H,8-9,18-19H2,(H2,17,24). The third-order valence-electron chi connectivity index (χ3n) is 3.10. The van der Waals surface area contributed by atoms with Gasteiger partial charge in [-0.25, -0.2) is 9.82 Å². The molecule has 1 heterocycles. The van der Waals surface area contributed by atoms with E-state index in [-0.39, 0.29) is 13.1 Å². The van der Waals surface area contributed by atoms with Gasteiger partial charge in [0.2, 0.25) is 5.91 Å². The van der Waals surface area contributed by atoms with Crippen molar-refractivity contribution in [3.63, 3.8) is 0 Å². The number of carbonyl (C=O) groups excluding carboxylic acids is 1. The van der Waals surface area contributed by atoms with Gasteiger partial charge in [0.15, 0.2) is 0 Å². The Hall–Kier alpha value is -2.08. The van der Waals surface area contributed by atoms with Crippen LogP contribution in [0, 0.1) is 5.82 Å². The second kappa shape index (κ2) is 9.42. The molecule has 1 atom stereocenters. The van der Waals surface area contributed by atoms with Crippen molar-refractivity contribution in [3.8, 4) is 0 Å². The van der Waals surface area contributed by atoms with Crippen LogP contribution < -0.4 is 27.5 Å². The van der Waals surface area contributed by atoms with Gasteiger partial charge in [0.05, 0.1) is 31.1 Å². The predicted octanol–water partition coefficient (Wildman–Crippen LogP) is 0.141. The number of primary amides is 1. The van der Waals surface area contributed by atoms with Crippen molar-refractivity contribution in [1.82, 2.24) is 20.2 Å². The Morgan fingerprint density at radius 1 is 1.28 bits per heavy atom. The summed E-state index contributed by atoms with van der Waals surface area (Å²) in [6.45, 7) is 0.353. The van der Waals surface area contributed by atoms with Crippen LogP contribution in [0.25, 0.3) is 0 Å². The van der Waals surface area contributed by atoms with Crippen molar-refractivity contribution in [2.24, 2.45) is 17.3 Å². The van der Waals surface area contributed by atoms with Gasteiger partial charge in [0, 0.05) is 4.90 Å². The average molecular weight is 365 g/mol. The van der Waals surface area contributed by atoms with E-state index in [0.29, 0.717) is 5.69 Å². The SMILES string of the molecule is NC(=O)CNSc1ccc(C(N)NN(N)Cc2ccc(F)cn2)cc1. The summed E-state index contributed by atoms with van der Waals surface area (Å²) in [5.41, 5.74) is 15.5. The van der Waals surface area contributed by atoms with Crippen LogP contribution in [-0.2, 0) is 11.3 Å². The maximum atomic E-state index is 12.8. The summed E-state index contributed by atoms with van der Waals surface area (Å²) in [6, 6.07) is 10.3. The van der Waals surface area contributed by atoms with Crippen LogP contribution in [-0.4, -0.2) is 22.6 Å². The number of nitrogens with one attached hydrogen (secondary N) is 2. The molecule has 1 unspecified atom stereocenters. The fraction of sp³-hybridized carbons (Fsp3) is 0.200. The number of hydrogen-bond acceptors (Lipinski definition) is 8. The normalized spacial score (nSPS) is 12.3. The molecule has 2 aromatic rings. The minimum Gasteiger partial charge on any atom is -0.369 e. The Balaban J connectivity index is 1.83. The van der Waals surface area contributed by atoms with Gasteiger partial charge in [-0.2, -0.15) is 5.12 Å². The molecule has 8 nitrogen and oxygen atoms in total. The van der Waals surface area contributed by atoms with Crippen LogP contribution in [0.2, 0.25) is 0 Å². The van der Waals surface area contributed by atoms with E-state index >= 15 is 0 Å². The topological polar surface area (TPSA) is 135 Å². The third kappa shape index (κ3) is 6.74. The Morgan fingerprint density at radius 3 is 2.60 bits per heavy atom. The number of pyridine rings is 1. The zero-order valence-electron chi connectivity index (χ0n) is 13.4. The molecule has 1 aromatic heterocycles. The zero-order chi connectivity index (χ0) is 18.2. The van der Waals surface area contributed by atoms with Crippen molar-refractivity contribution in [1.29, 1.82) is 0 Å². The Labute approximate surface area is 149 Å². The van der Waals surface area contributed by atoms with Crippen LogP contribution in [0.4, 0.5) is 4.39 Å². The summed E-state index contributed by atoms with van der Waals surface area (Å²) in [7, 11) is 0. The fourth-order valence-corrected chi connectivity index (χ4v) is 2.56. The first-order chi connectivity index (χ1) is 11.9. The molecular formula is C15H20FN7OS. The molecule has 0 radical (unpaired) electrons. The number of hydrazine groups is 2. The molecule has 0 fully saturated rings. The molecule has 0 spiro atoms. The molecule has 0 saturated heterocycles. The lowest BCUT2D eigenvalue weighted by Gasteiger charge is -2.22. The van der Waals surface area contributed by atoms with E-state index in [1.807, 2.05) is 24.3 Å². The molecule has 0 bridgehead atoms. The molecule has 0 aliphatic carbocycles. The number of carbonyl (C=O) groups is 1. The van der Waals surface area contributed by atoms with E-state index in [1.54, 1.807) is 6.07 Å². The number of hydrogen-bond donors (Lipinski definition) is 5. The highest BCUT2D eigenvalue weighted by Gasteiger charge is 2.10. The summed E-state index contributed by atoms with van der Waals surface area (Å²) < 4.78 is 15.7. The summed E-state index contributed by atoms with van der Waals surface area (Å²) in [6.07, 6.45) is 0.606. The number of aromatic nitrogens is 1. The highest BCUT2D eigenvalue weighted by Crippen LogP contribution is 2.17. The molecule has 10 heteroatoms. The van der Waals surface area contributed by atoms with Crippen molar-refractivity contribution in [3.05, 3.63) is 59.7 Å². The van der Waals surface area contributed by atoms with Crippen molar-refractivity contribution >= 4 is 17.9 Å². The van der Waals surface area contributed by atoms with E-state index in [2.05, 4.69) is 15.1 Å². The number of nitrogens with zero attached hydrogens (tertiary/aromatic N) is 2. The minimum atomic E-state index is -0.525. The summed E-state index contributed by atoms with van der Waals surface area (Å²) in [4.78, 5) is 15.5. The Kier molecular flexibility index (Phi) is 7.25. The van der Waals surface area contributed by atoms with Gasteiger partial charge in [-0.3, -0.25) is 20.3 Å². The van der Waals surface area contributed by atoms with Crippen molar-refractivity contribution in [2.75, 3.05) is 6.54 Å². The number of amides is 1. The Bertz CT molecular complexity index is 683. The van der Waals surface area contributed by atoms with Gasteiger partial charge in [-0.1, -0.05) is 12.1 Å². The first-order valence-electron chi connectivity index (χ1n) is 7.36. The van der Waals surface area contributed by atoms with Gasteiger partial charge >= 0.3 is 0 Å². The molecule has 1 aromatic carbocycles. The largest absolute Gasteiger partial charge is 0.369 e. The molecule has 134 valence electrons. The quantitative estimate of drug-likeness (QED) is 0.183. The minimum absolute atomic E-state index is 0.0903. The summed E-state index contributed by atoms with van der Waals surface area (Å²) in [5, 5.41) is 1.29. The molecule has 8 N–H and O–H groups in total. The summed E-state index contributed by atoms with van der Waals surface area (Å²) >= 11 is 1.30. The van der Waals surface area contributed by atoms with Crippen LogP contribution in [0.15, 0.2) is 47.5 Å². The molecule has 25 heavy (non-hydrogen) atoms. The second-order valence-electron chi connectivity index (χ2n) is 5.16. The monoisotopic (exact) mass is 365 g/mol. The van der Waals surface area contributed by atoms with Crippen molar-refractivity contribution in [2.45, 2.75) is 17.6 Å². The first kappa shape index (κ1) is 19.2. The zero-order valence-corrected chi connectivity index (χ0v) is 14.2. The smallest absolute Gasteiger partial charge is 0.232 e. The van der Waals surface area contributed by atoms with E-state index in [4.69, 9.17) is 17.3 Å². The number of benzene rings is 1. The predicted molar refractivity (Wildman–Crippen MR) is 93.5 cm³/mol. The molecular weight excluding hydrogens is 345 g/mol. The molecule has 0 aliphatic heterocycles. The third-order valence-corrected chi connectivity index (χ3v) is 3.90. The van der Waals surface area contributed by atoms with Gasteiger partial charge in [-0.15, -0.1) is 0 Å². The lowest BCUT2D eigenvalue weighted by Crippen LogP contribution is -2.47. The van der Waals surface area contributed by atoms with Gasteiger partial charge in [-0.05, 0) is 41.8 Å². The highest BCUT2D eigenvalue weighted by atomic mass is 32.2. The maximum Gasteiger partial charge on any atom is 0.232 e. The van der Waals surface area contributed by atoms with Crippen LogP contribution >= 0.6 is 11.9 Å². The van der Waals surface area contributed by atoms with Gasteiger partial charge < -0.3 is 11.5 Å². The number of rotatable bonds is 9. The molecule has 0 saturated carbocycles. The highest BCUT2D eigenvalue weighted by molar-refractivity contribution is 7.97. The molecule has 2 rings (SSSR count). The lowest BCUT2D eigenvalue weighted by molar-refractivity contribution is -0.116. The van der Waals surface area contributed by atoms with E-state index in [9.17, 15) is 9.18 Å². The number of nitrogens with two attached hydrogens (primary N) is 3.